The molecular formula is H6CaFeSi2. The fourth-order valence-corrected chi connectivity index (χ4v) is 0. The van der Waals surface area contributed by atoms with Gasteiger partial charge in [0.05, 0.1) is 0 Å². The van der Waals surface area contributed by atoms with E-state index >= 15 is 0 Å². The number of rotatable bonds is 0. The Morgan fingerprint density at radius 3 is 0.750 bits per heavy atom. The molecular weight excluding hydrogens is 152 g/mol. The van der Waals surface area contributed by atoms with Crippen LogP contribution in [0.1, 0.15) is 0 Å². The molecule has 0 aliphatic carbocycles. The van der Waals surface area contributed by atoms with Crippen LogP contribution in [0, 0.1) is 0 Å². The molecule has 0 fully saturated rings. The zero-order chi connectivity index (χ0) is 0. The summed E-state index contributed by atoms with van der Waals surface area (Å²) in [5.41, 5.74) is 0. The van der Waals surface area contributed by atoms with Crippen molar-refractivity contribution in [2.75, 3.05) is 0 Å². The topological polar surface area (TPSA) is 0 Å². The van der Waals surface area contributed by atoms with E-state index in [9.17, 15) is 0 Å². The first kappa shape index (κ1) is 34.5. The Hall–Kier alpha value is 2.21. The van der Waals surface area contributed by atoms with Crippen LogP contribution in [0.5, 0.6) is 0 Å². The summed E-state index contributed by atoms with van der Waals surface area (Å²) in [5, 5.41) is 0. The third-order valence-corrected chi connectivity index (χ3v) is 0. The summed E-state index contributed by atoms with van der Waals surface area (Å²) in [6, 6.07) is 0. The van der Waals surface area contributed by atoms with Crippen molar-refractivity contribution in [1.29, 1.82) is 0 Å². The van der Waals surface area contributed by atoms with Crippen molar-refractivity contribution >= 4 is 59.7 Å². The molecule has 0 N–H and O–H groups in total. The van der Waals surface area contributed by atoms with E-state index in [1.54, 1.807) is 0 Å². The SMILES string of the molecule is [Ca+2].[Fe].[SiH3-].[SiH3-]. The van der Waals surface area contributed by atoms with Gasteiger partial charge in [-0.15, -0.1) is 0 Å². The molecule has 0 spiro atoms. The second kappa shape index (κ2) is 18.9. The molecule has 0 nitrogen and oxygen atoms in total. The zero-order valence-electron chi connectivity index (χ0n) is 3.06. The van der Waals surface area contributed by atoms with Crippen LogP contribution in [0.4, 0.5) is 0 Å². The second-order valence-corrected chi connectivity index (χ2v) is 0. The van der Waals surface area contributed by atoms with Gasteiger partial charge in [0.15, 0.2) is 0 Å². The molecule has 0 atom stereocenters. The van der Waals surface area contributed by atoms with Crippen LogP contribution in [-0.4, -0.2) is 59.7 Å². The molecule has 0 amide bonds. The third-order valence-electron chi connectivity index (χ3n) is 0. The molecule has 4 heteroatoms. The average molecular weight is 158 g/mol. The molecule has 0 unspecified atom stereocenters. The third kappa shape index (κ3) is 8.88. The number of hydrogen-bond donors (Lipinski definition) is 0. The molecule has 0 bridgehead atoms. The van der Waals surface area contributed by atoms with Gasteiger partial charge in [-0.1, -0.05) is 0 Å². The van der Waals surface area contributed by atoms with Crippen molar-refractivity contribution in [3.8, 4) is 0 Å². The van der Waals surface area contributed by atoms with Gasteiger partial charge >= 0.3 is 37.7 Å². The molecule has 0 aromatic rings. The standard InChI is InChI=1S/Ca.Fe.2H3Si/h;;2*1H3/q+2;;2*-1. The Kier molecular flexibility index (Phi) is 163. The zero-order valence-corrected chi connectivity index (χ0v) is 10.4. The maximum absolute atomic E-state index is 0. The Morgan fingerprint density at radius 2 is 0.750 bits per heavy atom. The molecule has 0 heterocycles. The average Bonchev–Trinajstić information content (AvgIpc) is 0. The van der Waals surface area contributed by atoms with Crippen LogP contribution in [0.3, 0.4) is 0 Å². The quantitative estimate of drug-likeness (QED) is 0.335. The summed E-state index contributed by atoms with van der Waals surface area (Å²) in [6.07, 6.45) is 0. The minimum atomic E-state index is 0. The molecule has 0 aromatic heterocycles. The predicted molar refractivity (Wildman–Crippen MR) is 25.6 cm³/mol. The van der Waals surface area contributed by atoms with Crippen LogP contribution in [0.15, 0.2) is 0 Å². The normalized spacial score (nSPS) is 0. The van der Waals surface area contributed by atoms with Gasteiger partial charge in [0.2, 0.25) is 0 Å². The minimum Gasteiger partial charge on any atom is -0.314 e. The van der Waals surface area contributed by atoms with Gasteiger partial charge in [0.1, 0.15) is 0 Å². The molecule has 0 saturated carbocycles. The van der Waals surface area contributed by atoms with Crippen LogP contribution >= 0.6 is 0 Å². The van der Waals surface area contributed by atoms with E-state index in [-0.39, 0.29) is 76.7 Å². The summed E-state index contributed by atoms with van der Waals surface area (Å²) >= 11 is 0. The van der Waals surface area contributed by atoms with E-state index in [1.165, 1.54) is 0 Å². The van der Waals surface area contributed by atoms with Crippen LogP contribution < -0.4 is 0 Å². The van der Waals surface area contributed by atoms with E-state index in [1.807, 2.05) is 0 Å². The van der Waals surface area contributed by atoms with Crippen molar-refractivity contribution in [3.63, 3.8) is 0 Å². The van der Waals surface area contributed by atoms with Crippen molar-refractivity contribution < 1.29 is 17.1 Å². The summed E-state index contributed by atoms with van der Waals surface area (Å²) in [5.74, 6) is 0. The predicted octanol–water partition coefficient (Wildman–Crippen LogP) is -2.75. The first-order valence-corrected chi connectivity index (χ1v) is 0. The van der Waals surface area contributed by atoms with Crippen LogP contribution in [0.2, 0.25) is 0 Å². The molecule has 0 aliphatic heterocycles. The van der Waals surface area contributed by atoms with Gasteiger partial charge in [0, 0.05) is 17.1 Å². The van der Waals surface area contributed by atoms with Crippen LogP contribution in [-0.2, 0) is 17.1 Å². The molecule has 0 saturated heterocycles. The second-order valence-electron chi connectivity index (χ2n) is 0. The van der Waals surface area contributed by atoms with Gasteiger partial charge in [-0.05, 0) is 0 Å². The van der Waals surface area contributed by atoms with Gasteiger partial charge in [-0.2, -0.15) is 0 Å². The molecule has 0 aliphatic rings. The molecule has 0 radical (unpaired) electrons. The Labute approximate surface area is 75.6 Å². The monoisotopic (exact) mass is 158 g/mol. The largest absolute Gasteiger partial charge is 2.00 e. The summed E-state index contributed by atoms with van der Waals surface area (Å²) in [4.78, 5) is 0. The molecule has 24 valence electrons. The Balaban J connectivity index is 0. The fourth-order valence-electron chi connectivity index (χ4n) is 0. The maximum Gasteiger partial charge on any atom is 2.00 e. The van der Waals surface area contributed by atoms with E-state index < -0.39 is 0 Å². The number of hydrogen-bond acceptors (Lipinski definition) is 0. The van der Waals surface area contributed by atoms with Crippen molar-refractivity contribution in [2.45, 2.75) is 0 Å². The maximum atomic E-state index is 0. The van der Waals surface area contributed by atoms with E-state index in [0.29, 0.717) is 0 Å². The Morgan fingerprint density at radius 1 is 0.750 bits per heavy atom. The fraction of sp³-hybridized carbons (Fsp3) is 0. The first-order chi connectivity index (χ1) is 0. The molecule has 4 heavy (non-hydrogen) atoms. The van der Waals surface area contributed by atoms with E-state index in [2.05, 4.69) is 0 Å². The smallest absolute Gasteiger partial charge is 0.314 e. The van der Waals surface area contributed by atoms with Gasteiger partial charge in [-0.3, -0.25) is 0 Å². The summed E-state index contributed by atoms with van der Waals surface area (Å²) < 4.78 is 0. The molecule has 0 aromatic carbocycles. The Bertz CT molecular complexity index is 6.00. The van der Waals surface area contributed by atoms with E-state index in [0.717, 1.165) is 0 Å². The van der Waals surface area contributed by atoms with E-state index in [4.69, 9.17) is 0 Å². The van der Waals surface area contributed by atoms with Gasteiger partial charge < -0.3 is 21.9 Å². The minimum absolute atomic E-state index is 0. The van der Waals surface area contributed by atoms with Crippen LogP contribution in [0.25, 0.3) is 0 Å². The van der Waals surface area contributed by atoms with Crippen molar-refractivity contribution in [1.82, 2.24) is 0 Å². The first-order valence-electron chi connectivity index (χ1n) is 0. The van der Waals surface area contributed by atoms with Crippen molar-refractivity contribution in [2.24, 2.45) is 0 Å². The summed E-state index contributed by atoms with van der Waals surface area (Å²) in [7, 11) is 0. The molecule has 0 rings (SSSR count). The summed E-state index contributed by atoms with van der Waals surface area (Å²) in [6.45, 7) is 0. The van der Waals surface area contributed by atoms with Crippen molar-refractivity contribution in [3.05, 3.63) is 0 Å². The van der Waals surface area contributed by atoms with Gasteiger partial charge in [-0.25, -0.2) is 0 Å². The van der Waals surface area contributed by atoms with Gasteiger partial charge in [0.25, 0.3) is 0 Å².